The van der Waals surface area contributed by atoms with Gasteiger partial charge in [-0.2, -0.15) is 0 Å². The van der Waals surface area contributed by atoms with Gasteiger partial charge in [-0.15, -0.1) is 0 Å². The first-order valence-electron chi connectivity index (χ1n) is 10.9. The summed E-state index contributed by atoms with van der Waals surface area (Å²) >= 11 is 0. The average molecular weight is 432 g/mol. The standard InChI is InChI=1S/C27H29NO4/c1-17-23(26(30)32-16-18-8-6-5-7-9-18)24(19-10-12-20(31-4)13-11-19)25-21(28-17)14-27(2,3)15-22(25)29/h5-13,23-24H,14-16H2,1-4H3/t23?,24-/m1/s1. The first-order valence-corrected chi connectivity index (χ1v) is 10.9. The van der Waals surface area contributed by atoms with Crippen molar-refractivity contribution in [2.45, 2.75) is 46.1 Å². The molecule has 1 unspecified atom stereocenters. The molecule has 5 nitrogen and oxygen atoms in total. The molecule has 0 saturated carbocycles. The number of Topliss-reactive ketones (excluding diaryl/α,β-unsaturated/α-hetero) is 1. The summed E-state index contributed by atoms with van der Waals surface area (Å²) in [6.07, 6.45) is 1.16. The SMILES string of the molecule is COc1ccc([C@H]2C3=C(CC(C)(C)CC3=O)N=C(C)C2C(=O)OCc2ccccc2)cc1. The van der Waals surface area contributed by atoms with Crippen molar-refractivity contribution < 1.29 is 19.1 Å². The Morgan fingerprint density at radius 2 is 1.75 bits per heavy atom. The Kier molecular flexibility index (Phi) is 6.00. The highest BCUT2D eigenvalue weighted by atomic mass is 16.5. The molecule has 5 heteroatoms. The number of hydrogen-bond donors (Lipinski definition) is 0. The molecule has 2 aromatic carbocycles. The maximum Gasteiger partial charge on any atom is 0.315 e. The molecule has 166 valence electrons. The Morgan fingerprint density at radius 1 is 1.06 bits per heavy atom. The molecule has 2 atom stereocenters. The number of carbonyl (C=O) groups excluding carboxylic acids is 2. The largest absolute Gasteiger partial charge is 0.497 e. The summed E-state index contributed by atoms with van der Waals surface area (Å²) in [6.45, 7) is 6.22. The quantitative estimate of drug-likeness (QED) is 0.606. The highest BCUT2D eigenvalue weighted by molar-refractivity contribution is 6.09. The molecule has 0 N–H and O–H groups in total. The minimum atomic E-state index is -0.643. The maximum atomic E-state index is 13.3. The number of hydrogen-bond acceptors (Lipinski definition) is 5. The van der Waals surface area contributed by atoms with Gasteiger partial charge in [0, 0.05) is 29.3 Å². The van der Waals surface area contributed by atoms with Crippen LogP contribution in [0.5, 0.6) is 5.75 Å². The van der Waals surface area contributed by atoms with E-state index in [9.17, 15) is 9.59 Å². The number of ketones is 1. The second kappa shape index (κ2) is 8.73. The van der Waals surface area contributed by atoms with E-state index in [1.54, 1.807) is 7.11 Å². The number of rotatable bonds is 5. The molecular formula is C27H29NO4. The zero-order valence-electron chi connectivity index (χ0n) is 19.1. The monoisotopic (exact) mass is 431 g/mol. The number of aliphatic imine (C=N–C) groups is 1. The van der Waals surface area contributed by atoms with Crippen LogP contribution in [0.15, 0.2) is 70.9 Å². The van der Waals surface area contributed by atoms with Gasteiger partial charge in [0.15, 0.2) is 5.78 Å². The lowest BCUT2D eigenvalue weighted by Gasteiger charge is -2.39. The number of carbonyl (C=O) groups is 2. The van der Waals surface area contributed by atoms with E-state index in [1.807, 2.05) is 61.5 Å². The van der Waals surface area contributed by atoms with Gasteiger partial charge in [-0.05, 0) is 42.0 Å². The summed E-state index contributed by atoms with van der Waals surface area (Å²) in [6, 6.07) is 17.2. The molecule has 0 radical (unpaired) electrons. The van der Waals surface area contributed by atoms with E-state index in [2.05, 4.69) is 13.8 Å². The molecule has 1 aliphatic heterocycles. The van der Waals surface area contributed by atoms with Crippen LogP contribution in [-0.2, 0) is 20.9 Å². The van der Waals surface area contributed by atoms with Crippen LogP contribution in [0.3, 0.4) is 0 Å². The van der Waals surface area contributed by atoms with Crippen molar-refractivity contribution in [3.8, 4) is 5.75 Å². The molecule has 1 heterocycles. The number of methoxy groups -OCH3 is 1. The first-order chi connectivity index (χ1) is 15.3. The van der Waals surface area contributed by atoms with Gasteiger partial charge in [0.25, 0.3) is 0 Å². The number of ether oxygens (including phenoxy) is 2. The minimum Gasteiger partial charge on any atom is -0.497 e. The molecule has 0 bridgehead atoms. The molecule has 0 spiro atoms. The lowest BCUT2D eigenvalue weighted by molar-refractivity contribution is -0.148. The lowest BCUT2D eigenvalue weighted by atomic mass is 9.67. The van der Waals surface area contributed by atoms with Gasteiger partial charge in [-0.25, -0.2) is 0 Å². The van der Waals surface area contributed by atoms with Gasteiger partial charge in [-0.3, -0.25) is 14.6 Å². The third-order valence-corrected chi connectivity index (χ3v) is 6.25. The van der Waals surface area contributed by atoms with Gasteiger partial charge >= 0.3 is 5.97 Å². The predicted octanol–water partition coefficient (Wildman–Crippen LogP) is 5.26. The molecule has 0 aromatic heterocycles. The highest BCUT2D eigenvalue weighted by Crippen LogP contribution is 2.48. The third kappa shape index (κ3) is 4.38. The Hall–Kier alpha value is -3.21. The van der Waals surface area contributed by atoms with Crippen molar-refractivity contribution in [2.75, 3.05) is 7.11 Å². The molecule has 32 heavy (non-hydrogen) atoms. The molecular weight excluding hydrogens is 402 g/mol. The van der Waals surface area contributed by atoms with Crippen LogP contribution >= 0.6 is 0 Å². The molecule has 1 aliphatic carbocycles. The minimum absolute atomic E-state index is 0.0641. The van der Waals surface area contributed by atoms with Crippen LogP contribution in [0.4, 0.5) is 0 Å². The second-order valence-corrected chi connectivity index (χ2v) is 9.38. The third-order valence-electron chi connectivity index (χ3n) is 6.25. The van der Waals surface area contributed by atoms with Gasteiger partial charge < -0.3 is 9.47 Å². The van der Waals surface area contributed by atoms with E-state index in [0.29, 0.717) is 24.1 Å². The smallest absolute Gasteiger partial charge is 0.315 e. The van der Waals surface area contributed by atoms with Crippen molar-refractivity contribution in [2.24, 2.45) is 16.3 Å². The molecule has 0 amide bonds. The van der Waals surface area contributed by atoms with Crippen molar-refractivity contribution in [1.82, 2.24) is 0 Å². The number of benzene rings is 2. The van der Waals surface area contributed by atoms with Crippen molar-refractivity contribution in [3.05, 3.63) is 77.0 Å². The van der Waals surface area contributed by atoms with Gasteiger partial charge in [0.2, 0.25) is 0 Å². The molecule has 2 aliphatic rings. The van der Waals surface area contributed by atoms with Crippen LogP contribution in [-0.4, -0.2) is 24.6 Å². The molecule has 0 fully saturated rings. The van der Waals surface area contributed by atoms with E-state index in [-0.39, 0.29) is 23.8 Å². The summed E-state index contributed by atoms with van der Waals surface area (Å²) < 4.78 is 11.0. The fourth-order valence-electron chi connectivity index (χ4n) is 4.74. The Morgan fingerprint density at radius 3 is 2.41 bits per heavy atom. The summed E-state index contributed by atoms with van der Waals surface area (Å²) in [5.74, 6) is -0.631. The fourth-order valence-corrected chi connectivity index (χ4v) is 4.74. The summed E-state index contributed by atoms with van der Waals surface area (Å²) in [5, 5.41) is 0. The van der Waals surface area contributed by atoms with Gasteiger partial charge in [0.1, 0.15) is 18.3 Å². The van der Waals surface area contributed by atoms with Gasteiger partial charge in [-0.1, -0.05) is 56.3 Å². The zero-order valence-corrected chi connectivity index (χ0v) is 19.1. The van der Waals surface area contributed by atoms with Crippen LogP contribution in [0.2, 0.25) is 0 Å². The van der Waals surface area contributed by atoms with Crippen LogP contribution in [0.1, 0.15) is 50.7 Å². The molecule has 4 rings (SSSR count). The normalized spacial score (nSPS) is 22.1. The van der Waals surface area contributed by atoms with E-state index < -0.39 is 11.8 Å². The van der Waals surface area contributed by atoms with E-state index >= 15 is 0 Å². The first kappa shape index (κ1) is 22.0. The highest BCUT2D eigenvalue weighted by Gasteiger charge is 2.46. The molecule has 0 saturated heterocycles. The van der Waals surface area contributed by atoms with E-state index in [1.165, 1.54) is 0 Å². The summed E-state index contributed by atoms with van der Waals surface area (Å²) in [7, 11) is 1.61. The van der Waals surface area contributed by atoms with Crippen LogP contribution in [0.25, 0.3) is 0 Å². The van der Waals surface area contributed by atoms with Crippen LogP contribution in [0, 0.1) is 11.3 Å². The second-order valence-electron chi connectivity index (χ2n) is 9.38. The zero-order chi connectivity index (χ0) is 22.9. The van der Waals surface area contributed by atoms with Gasteiger partial charge in [0.05, 0.1) is 7.11 Å². The molecule has 2 aromatic rings. The maximum absolute atomic E-state index is 13.3. The average Bonchev–Trinajstić information content (AvgIpc) is 2.76. The van der Waals surface area contributed by atoms with Crippen molar-refractivity contribution >= 4 is 17.5 Å². The van der Waals surface area contributed by atoms with Crippen molar-refractivity contribution in [3.63, 3.8) is 0 Å². The predicted molar refractivity (Wildman–Crippen MR) is 124 cm³/mol. The number of esters is 1. The topological polar surface area (TPSA) is 65.0 Å². The summed E-state index contributed by atoms with van der Waals surface area (Å²) in [4.78, 5) is 31.4. The Labute approximate surface area is 189 Å². The van der Waals surface area contributed by atoms with E-state index in [4.69, 9.17) is 14.5 Å². The Balaban J connectivity index is 1.72. The number of allylic oxidation sites excluding steroid dienone is 2. The lowest BCUT2D eigenvalue weighted by Crippen LogP contribution is -2.39. The summed E-state index contributed by atoms with van der Waals surface area (Å²) in [5.41, 5.74) is 3.81. The Bertz CT molecular complexity index is 1080. The fraction of sp³-hybridized carbons (Fsp3) is 0.370. The van der Waals surface area contributed by atoms with Crippen LogP contribution < -0.4 is 4.74 Å². The van der Waals surface area contributed by atoms with E-state index in [0.717, 1.165) is 22.6 Å². The number of nitrogens with zero attached hydrogens (tertiary/aromatic N) is 1. The van der Waals surface area contributed by atoms with Crippen molar-refractivity contribution in [1.29, 1.82) is 0 Å².